The van der Waals surface area contributed by atoms with E-state index in [9.17, 15) is 4.79 Å². The molecule has 3 nitrogen and oxygen atoms in total. The van der Waals surface area contributed by atoms with Gasteiger partial charge >= 0.3 is 0 Å². The second-order valence-corrected chi connectivity index (χ2v) is 4.27. The Morgan fingerprint density at radius 3 is 2.94 bits per heavy atom. The highest BCUT2D eigenvalue weighted by molar-refractivity contribution is 5.95. The van der Waals surface area contributed by atoms with Gasteiger partial charge in [-0.2, -0.15) is 0 Å². The lowest BCUT2D eigenvalue weighted by molar-refractivity contribution is -0.118. The van der Waals surface area contributed by atoms with Gasteiger partial charge in [0.25, 0.3) is 0 Å². The fourth-order valence-corrected chi connectivity index (χ4v) is 2.13. The van der Waals surface area contributed by atoms with Crippen LogP contribution in [0.15, 0.2) is 18.2 Å². The number of nitrogens with zero attached hydrogens (tertiary/aromatic N) is 1. The van der Waals surface area contributed by atoms with Crippen LogP contribution < -0.4 is 10.2 Å². The Morgan fingerprint density at radius 2 is 2.19 bits per heavy atom. The minimum absolute atomic E-state index is 0.218. The summed E-state index contributed by atoms with van der Waals surface area (Å²) in [6, 6.07) is 6.41. The first-order valence-electron chi connectivity index (χ1n) is 5.75. The highest BCUT2D eigenvalue weighted by Gasteiger charge is 2.20. The molecule has 16 heavy (non-hydrogen) atoms. The van der Waals surface area contributed by atoms with Gasteiger partial charge in [0.2, 0.25) is 5.91 Å². The number of fused-ring (bicyclic) bond motifs is 1. The van der Waals surface area contributed by atoms with E-state index in [4.69, 9.17) is 0 Å². The molecule has 0 aromatic heterocycles. The van der Waals surface area contributed by atoms with E-state index in [0.29, 0.717) is 6.42 Å². The van der Waals surface area contributed by atoms with Gasteiger partial charge in [-0.05, 0) is 43.6 Å². The van der Waals surface area contributed by atoms with Crippen molar-refractivity contribution in [3.8, 4) is 0 Å². The molecule has 1 aliphatic heterocycles. The third-order valence-electron chi connectivity index (χ3n) is 3.15. The molecule has 0 radical (unpaired) electrons. The standard InChI is InChI=1S/C13H18N2O/c1-14-8-7-10-3-5-12-11(9-10)4-6-13(16)15(12)2/h3,5,9,14H,4,6-8H2,1-2H3. The fourth-order valence-electron chi connectivity index (χ4n) is 2.13. The second kappa shape index (κ2) is 4.66. The van der Waals surface area contributed by atoms with E-state index < -0.39 is 0 Å². The first-order valence-corrected chi connectivity index (χ1v) is 5.75. The summed E-state index contributed by atoms with van der Waals surface area (Å²) in [6.07, 6.45) is 2.56. The molecule has 0 fully saturated rings. The second-order valence-electron chi connectivity index (χ2n) is 4.27. The predicted molar refractivity (Wildman–Crippen MR) is 65.8 cm³/mol. The Morgan fingerprint density at radius 1 is 1.38 bits per heavy atom. The number of hydrogen-bond donors (Lipinski definition) is 1. The van der Waals surface area contributed by atoms with Crippen LogP contribution in [0.5, 0.6) is 0 Å². The van der Waals surface area contributed by atoms with E-state index in [-0.39, 0.29) is 5.91 Å². The van der Waals surface area contributed by atoms with Crippen molar-refractivity contribution in [2.24, 2.45) is 0 Å². The van der Waals surface area contributed by atoms with Gasteiger partial charge in [-0.25, -0.2) is 0 Å². The highest BCUT2D eigenvalue weighted by atomic mass is 16.2. The lowest BCUT2D eigenvalue weighted by Crippen LogP contribution is -2.31. The molecular weight excluding hydrogens is 200 g/mol. The summed E-state index contributed by atoms with van der Waals surface area (Å²) in [5, 5.41) is 3.15. The van der Waals surface area contributed by atoms with E-state index in [1.54, 1.807) is 4.90 Å². The summed E-state index contributed by atoms with van der Waals surface area (Å²) in [6.45, 7) is 0.994. The minimum atomic E-state index is 0.218. The Balaban J connectivity index is 2.23. The van der Waals surface area contributed by atoms with Crippen molar-refractivity contribution in [1.82, 2.24) is 5.32 Å². The molecule has 0 atom stereocenters. The van der Waals surface area contributed by atoms with Gasteiger partial charge in [-0.3, -0.25) is 4.79 Å². The zero-order valence-electron chi connectivity index (χ0n) is 9.92. The summed E-state index contributed by atoms with van der Waals surface area (Å²) in [5.74, 6) is 0.218. The summed E-state index contributed by atoms with van der Waals surface area (Å²) in [7, 11) is 3.82. The number of amides is 1. The van der Waals surface area contributed by atoms with Crippen molar-refractivity contribution >= 4 is 11.6 Å². The van der Waals surface area contributed by atoms with Crippen molar-refractivity contribution < 1.29 is 4.79 Å². The number of aryl methyl sites for hydroxylation is 1. The van der Waals surface area contributed by atoms with Gasteiger partial charge in [0.1, 0.15) is 0 Å². The van der Waals surface area contributed by atoms with Crippen LogP contribution >= 0.6 is 0 Å². The monoisotopic (exact) mass is 218 g/mol. The van der Waals surface area contributed by atoms with Crippen LogP contribution in [-0.2, 0) is 17.6 Å². The van der Waals surface area contributed by atoms with Crippen LogP contribution in [0.1, 0.15) is 17.5 Å². The SMILES string of the molecule is CNCCc1ccc2c(c1)CCC(=O)N2C. The van der Waals surface area contributed by atoms with Gasteiger partial charge < -0.3 is 10.2 Å². The number of hydrogen-bond acceptors (Lipinski definition) is 2. The van der Waals surface area contributed by atoms with Crippen molar-refractivity contribution in [2.75, 3.05) is 25.5 Å². The topological polar surface area (TPSA) is 32.3 Å². The Hall–Kier alpha value is -1.35. The van der Waals surface area contributed by atoms with Gasteiger partial charge in [0.05, 0.1) is 0 Å². The average Bonchev–Trinajstić information content (AvgIpc) is 2.31. The molecule has 1 aliphatic rings. The Labute approximate surface area is 96.5 Å². The molecule has 1 N–H and O–H groups in total. The minimum Gasteiger partial charge on any atom is -0.319 e. The summed E-state index contributed by atoms with van der Waals surface area (Å²) in [4.78, 5) is 13.3. The van der Waals surface area contributed by atoms with Crippen molar-refractivity contribution in [2.45, 2.75) is 19.3 Å². The third-order valence-corrected chi connectivity index (χ3v) is 3.15. The lowest BCUT2D eigenvalue weighted by atomic mass is 9.98. The molecule has 2 rings (SSSR count). The average molecular weight is 218 g/mol. The zero-order chi connectivity index (χ0) is 11.5. The van der Waals surface area contributed by atoms with Crippen LogP contribution in [-0.4, -0.2) is 26.5 Å². The molecular formula is C13H18N2O. The molecule has 86 valence electrons. The number of anilines is 1. The Kier molecular flexibility index (Phi) is 3.25. The van der Waals surface area contributed by atoms with E-state index in [2.05, 4.69) is 23.5 Å². The molecule has 3 heteroatoms. The molecule has 0 unspecified atom stereocenters. The fraction of sp³-hybridized carbons (Fsp3) is 0.462. The number of carbonyl (C=O) groups excluding carboxylic acids is 1. The molecule has 1 aromatic rings. The zero-order valence-corrected chi connectivity index (χ0v) is 9.92. The van der Waals surface area contributed by atoms with Crippen LogP contribution in [0.2, 0.25) is 0 Å². The van der Waals surface area contributed by atoms with Gasteiger partial charge in [-0.1, -0.05) is 12.1 Å². The van der Waals surface area contributed by atoms with E-state index in [0.717, 1.165) is 25.1 Å². The number of nitrogens with one attached hydrogen (secondary N) is 1. The van der Waals surface area contributed by atoms with Crippen molar-refractivity contribution in [1.29, 1.82) is 0 Å². The maximum Gasteiger partial charge on any atom is 0.227 e. The molecule has 0 spiro atoms. The van der Waals surface area contributed by atoms with Crippen LogP contribution in [0.3, 0.4) is 0 Å². The molecule has 0 bridgehead atoms. The molecule has 0 aliphatic carbocycles. The first kappa shape index (κ1) is 11.1. The maximum absolute atomic E-state index is 11.5. The van der Waals surface area contributed by atoms with Crippen molar-refractivity contribution in [3.63, 3.8) is 0 Å². The number of carbonyl (C=O) groups is 1. The van der Waals surface area contributed by atoms with Gasteiger partial charge in [0, 0.05) is 19.2 Å². The summed E-state index contributed by atoms with van der Waals surface area (Å²) in [5.41, 5.74) is 3.72. The maximum atomic E-state index is 11.5. The molecule has 0 saturated heterocycles. The largest absolute Gasteiger partial charge is 0.319 e. The lowest BCUT2D eigenvalue weighted by Gasteiger charge is -2.26. The first-order chi connectivity index (χ1) is 7.72. The number of benzene rings is 1. The highest BCUT2D eigenvalue weighted by Crippen LogP contribution is 2.27. The smallest absolute Gasteiger partial charge is 0.227 e. The normalized spacial score (nSPS) is 15.1. The molecule has 1 amide bonds. The van der Waals surface area contributed by atoms with Crippen LogP contribution in [0.25, 0.3) is 0 Å². The third kappa shape index (κ3) is 2.09. The van der Waals surface area contributed by atoms with E-state index in [1.165, 1.54) is 11.1 Å². The van der Waals surface area contributed by atoms with Crippen LogP contribution in [0, 0.1) is 0 Å². The number of likely N-dealkylation sites (N-methyl/N-ethyl adjacent to an activating group) is 1. The summed E-state index contributed by atoms with van der Waals surface area (Å²) < 4.78 is 0. The van der Waals surface area contributed by atoms with Crippen LogP contribution in [0.4, 0.5) is 5.69 Å². The molecule has 1 aromatic carbocycles. The summed E-state index contributed by atoms with van der Waals surface area (Å²) >= 11 is 0. The quantitative estimate of drug-likeness (QED) is 0.830. The predicted octanol–water partition coefficient (Wildman–Crippen LogP) is 1.36. The van der Waals surface area contributed by atoms with E-state index >= 15 is 0 Å². The molecule has 0 saturated carbocycles. The molecule has 1 heterocycles. The van der Waals surface area contributed by atoms with E-state index in [1.807, 2.05) is 14.1 Å². The van der Waals surface area contributed by atoms with Gasteiger partial charge in [0.15, 0.2) is 0 Å². The Bertz CT molecular complexity index is 401. The number of rotatable bonds is 3. The van der Waals surface area contributed by atoms with Gasteiger partial charge in [-0.15, -0.1) is 0 Å². The van der Waals surface area contributed by atoms with Crippen molar-refractivity contribution in [3.05, 3.63) is 29.3 Å².